The molecule has 1 fully saturated rings. The van der Waals surface area contributed by atoms with E-state index in [-0.39, 0.29) is 5.91 Å². The molecule has 1 saturated heterocycles. The van der Waals surface area contributed by atoms with Crippen molar-refractivity contribution >= 4 is 33.2 Å². The van der Waals surface area contributed by atoms with Gasteiger partial charge in [0.15, 0.2) is 0 Å². The molecule has 0 spiro atoms. The standard InChI is InChI=1S/C15H24BrN3OS/c1-12(20)18-7-8-19(9-13-3-4-14(16)21-13)11-15(2)5-6-17-10-15/h3-4,17H,5-11H2,1-2H3,(H,18,20). The quantitative estimate of drug-likeness (QED) is 0.771. The van der Waals surface area contributed by atoms with Crippen LogP contribution in [-0.4, -0.2) is 43.5 Å². The van der Waals surface area contributed by atoms with E-state index in [1.54, 1.807) is 18.3 Å². The van der Waals surface area contributed by atoms with Crippen molar-refractivity contribution < 1.29 is 4.79 Å². The minimum absolute atomic E-state index is 0.0440. The van der Waals surface area contributed by atoms with Crippen molar-refractivity contribution in [3.05, 3.63) is 20.8 Å². The van der Waals surface area contributed by atoms with E-state index in [0.29, 0.717) is 12.0 Å². The van der Waals surface area contributed by atoms with Crippen LogP contribution >= 0.6 is 27.3 Å². The zero-order valence-electron chi connectivity index (χ0n) is 12.7. The zero-order chi connectivity index (χ0) is 15.3. The molecule has 0 aliphatic carbocycles. The summed E-state index contributed by atoms with van der Waals surface area (Å²) in [7, 11) is 0. The van der Waals surface area contributed by atoms with Gasteiger partial charge in [0.05, 0.1) is 3.79 Å². The van der Waals surface area contributed by atoms with Crippen LogP contribution in [0.4, 0.5) is 0 Å². The molecule has 1 amide bonds. The number of hydrogen-bond donors (Lipinski definition) is 2. The molecular formula is C15H24BrN3OS. The number of halogens is 1. The molecule has 2 heterocycles. The summed E-state index contributed by atoms with van der Waals surface area (Å²) in [6, 6.07) is 4.28. The number of amides is 1. The summed E-state index contributed by atoms with van der Waals surface area (Å²) in [6.07, 6.45) is 1.22. The molecule has 0 aromatic carbocycles. The summed E-state index contributed by atoms with van der Waals surface area (Å²) in [5.41, 5.74) is 0.338. The molecule has 0 bridgehead atoms. The molecule has 1 aromatic heterocycles. The van der Waals surface area contributed by atoms with Gasteiger partial charge < -0.3 is 10.6 Å². The van der Waals surface area contributed by atoms with Gasteiger partial charge in [0.25, 0.3) is 0 Å². The highest BCUT2D eigenvalue weighted by Crippen LogP contribution is 2.28. The van der Waals surface area contributed by atoms with Crippen LogP contribution in [0.2, 0.25) is 0 Å². The molecule has 2 N–H and O–H groups in total. The highest BCUT2D eigenvalue weighted by Gasteiger charge is 2.30. The van der Waals surface area contributed by atoms with Crippen LogP contribution in [0.3, 0.4) is 0 Å². The van der Waals surface area contributed by atoms with E-state index in [1.165, 1.54) is 15.1 Å². The zero-order valence-corrected chi connectivity index (χ0v) is 15.1. The van der Waals surface area contributed by atoms with Crippen LogP contribution in [0.1, 0.15) is 25.1 Å². The predicted molar refractivity (Wildman–Crippen MR) is 91.6 cm³/mol. The maximum atomic E-state index is 11.1. The Balaban J connectivity index is 1.93. The molecule has 4 nitrogen and oxygen atoms in total. The van der Waals surface area contributed by atoms with Crippen molar-refractivity contribution in [3.8, 4) is 0 Å². The smallest absolute Gasteiger partial charge is 0.216 e. The second-order valence-electron chi connectivity index (χ2n) is 6.14. The van der Waals surface area contributed by atoms with Crippen molar-refractivity contribution in [2.75, 3.05) is 32.7 Å². The monoisotopic (exact) mass is 373 g/mol. The highest BCUT2D eigenvalue weighted by atomic mass is 79.9. The maximum absolute atomic E-state index is 11.1. The summed E-state index contributed by atoms with van der Waals surface area (Å²) in [5.74, 6) is 0.0440. The molecule has 2 rings (SSSR count). The van der Waals surface area contributed by atoms with Crippen LogP contribution < -0.4 is 10.6 Å². The fourth-order valence-electron chi connectivity index (χ4n) is 2.80. The van der Waals surface area contributed by atoms with E-state index in [2.05, 4.69) is 50.5 Å². The summed E-state index contributed by atoms with van der Waals surface area (Å²) < 4.78 is 1.17. The van der Waals surface area contributed by atoms with E-state index >= 15 is 0 Å². The van der Waals surface area contributed by atoms with Crippen LogP contribution in [0.15, 0.2) is 15.9 Å². The molecule has 1 atom stereocenters. The summed E-state index contributed by atoms with van der Waals surface area (Å²) >= 11 is 5.31. The molecule has 6 heteroatoms. The van der Waals surface area contributed by atoms with Crippen molar-refractivity contribution in [2.45, 2.75) is 26.8 Å². The number of nitrogens with one attached hydrogen (secondary N) is 2. The molecular weight excluding hydrogens is 350 g/mol. The first-order valence-electron chi connectivity index (χ1n) is 7.39. The van der Waals surface area contributed by atoms with E-state index < -0.39 is 0 Å². The van der Waals surface area contributed by atoms with E-state index in [4.69, 9.17) is 0 Å². The van der Waals surface area contributed by atoms with E-state index in [1.807, 2.05) is 0 Å². The van der Waals surface area contributed by atoms with E-state index in [9.17, 15) is 4.79 Å². The second-order valence-corrected chi connectivity index (χ2v) is 8.68. The van der Waals surface area contributed by atoms with Crippen LogP contribution in [0.25, 0.3) is 0 Å². The Morgan fingerprint density at radius 1 is 1.57 bits per heavy atom. The molecule has 1 aliphatic rings. The third-order valence-electron chi connectivity index (χ3n) is 3.87. The summed E-state index contributed by atoms with van der Waals surface area (Å²) in [5, 5.41) is 6.36. The Hall–Kier alpha value is -0.430. The molecule has 1 aliphatic heterocycles. The molecule has 118 valence electrons. The Kier molecular flexibility index (Phi) is 6.22. The van der Waals surface area contributed by atoms with E-state index in [0.717, 1.165) is 32.7 Å². The van der Waals surface area contributed by atoms with Gasteiger partial charge in [-0.2, -0.15) is 0 Å². The minimum atomic E-state index is 0.0440. The lowest BCUT2D eigenvalue weighted by Crippen LogP contribution is -2.40. The van der Waals surface area contributed by atoms with Gasteiger partial charge in [-0.15, -0.1) is 11.3 Å². The number of thiophene rings is 1. The summed E-state index contributed by atoms with van der Waals surface area (Å²) in [6.45, 7) is 9.74. The van der Waals surface area contributed by atoms with Crippen molar-refractivity contribution in [3.63, 3.8) is 0 Å². The van der Waals surface area contributed by atoms with Gasteiger partial charge in [-0.1, -0.05) is 6.92 Å². The average Bonchev–Trinajstić information content (AvgIpc) is 2.98. The Morgan fingerprint density at radius 3 is 2.95 bits per heavy atom. The minimum Gasteiger partial charge on any atom is -0.355 e. The third-order valence-corrected chi connectivity index (χ3v) is 5.48. The first kappa shape index (κ1) is 16.9. The molecule has 1 aromatic rings. The van der Waals surface area contributed by atoms with Gasteiger partial charge in [0.2, 0.25) is 5.91 Å². The second kappa shape index (κ2) is 7.72. The van der Waals surface area contributed by atoms with Crippen LogP contribution in [-0.2, 0) is 11.3 Å². The summed E-state index contributed by atoms with van der Waals surface area (Å²) in [4.78, 5) is 14.9. The number of rotatable bonds is 7. The molecule has 0 radical (unpaired) electrons. The topological polar surface area (TPSA) is 44.4 Å². The number of nitrogens with zero attached hydrogens (tertiary/aromatic N) is 1. The van der Waals surface area contributed by atoms with Crippen molar-refractivity contribution in [1.29, 1.82) is 0 Å². The Bertz CT molecular complexity index is 471. The third kappa shape index (κ3) is 5.70. The Morgan fingerprint density at radius 2 is 2.38 bits per heavy atom. The number of hydrogen-bond acceptors (Lipinski definition) is 4. The van der Waals surface area contributed by atoms with Gasteiger partial charge >= 0.3 is 0 Å². The number of carbonyl (C=O) groups excluding carboxylic acids is 1. The predicted octanol–water partition coefficient (Wildman–Crippen LogP) is 2.45. The average molecular weight is 374 g/mol. The van der Waals surface area contributed by atoms with Gasteiger partial charge in [-0.3, -0.25) is 9.69 Å². The lowest BCUT2D eigenvalue weighted by molar-refractivity contribution is -0.119. The fourth-order valence-corrected chi connectivity index (χ4v) is 4.33. The lowest BCUT2D eigenvalue weighted by atomic mass is 9.89. The Labute approximate surface area is 139 Å². The fraction of sp³-hybridized carbons (Fsp3) is 0.667. The SMILES string of the molecule is CC(=O)NCCN(Cc1ccc(Br)s1)CC1(C)CCNC1. The first-order chi connectivity index (χ1) is 9.97. The van der Waals surface area contributed by atoms with Crippen LogP contribution in [0, 0.1) is 5.41 Å². The lowest BCUT2D eigenvalue weighted by Gasteiger charge is -2.31. The van der Waals surface area contributed by atoms with Crippen molar-refractivity contribution in [1.82, 2.24) is 15.5 Å². The molecule has 1 unspecified atom stereocenters. The molecule has 0 saturated carbocycles. The normalized spacial score (nSPS) is 21.9. The highest BCUT2D eigenvalue weighted by molar-refractivity contribution is 9.11. The maximum Gasteiger partial charge on any atom is 0.216 e. The van der Waals surface area contributed by atoms with Gasteiger partial charge in [-0.25, -0.2) is 0 Å². The van der Waals surface area contributed by atoms with Gasteiger partial charge in [0, 0.05) is 44.5 Å². The van der Waals surface area contributed by atoms with Gasteiger partial charge in [0.1, 0.15) is 0 Å². The largest absolute Gasteiger partial charge is 0.355 e. The molecule has 21 heavy (non-hydrogen) atoms. The van der Waals surface area contributed by atoms with Gasteiger partial charge in [-0.05, 0) is 46.4 Å². The number of carbonyl (C=O) groups is 1. The van der Waals surface area contributed by atoms with Crippen LogP contribution in [0.5, 0.6) is 0 Å². The first-order valence-corrected chi connectivity index (χ1v) is 9.00. The van der Waals surface area contributed by atoms with Crippen molar-refractivity contribution in [2.24, 2.45) is 5.41 Å².